The molecule has 4 aliphatic carbocycles. The van der Waals surface area contributed by atoms with E-state index in [0.717, 1.165) is 49.8 Å². The summed E-state index contributed by atoms with van der Waals surface area (Å²) in [7, 11) is 0. The lowest BCUT2D eigenvalue weighted by Gasteiger charge is -2.59. The Morgan fingerprint density at radius 2 is 1.73 bits per heavy atom. The molecule has 4 fully saturated rings. The summed E-state index contributed by atoms with van der Waals surface area (Å²) in [5.41, 5.74) is -0.185. The Kier molecular flexibility index (Phi) is 4.29. The van der Waals surface area contributed by atoms with E-state index in [-0.39, 0.29) is 16.2 Å². The van der Waals surface area contributed by atoms with Gasteiger partial charge in [0, 0.05) is 11.4 Å². The Hall–Kier alpha value is -1.23. The highest BCUT2D eigenvalue weighted by molar-refractivity contribution is 6.24. The highest BCUT2D eigenvalue weighted by Crippen LogP contribution is 2.63. The third-order valence-corrected chi connectivity index (χ3v) is 6.89. The first-order valence-corrected chi connectivity index (χ1v) is 9.69. The molecule has 4 saturated carbocycles. The molecule has 0 spiro atoms. The van der Waals surface area contributed by atoms with Crippen LogP contribution in [0.4, 0.5) is 13.2 Å². The van der Waals surface area contributed by atoms with Crippen LogP contribution in [0.25, 0.3) is 0 Å². The van der Waals surface area contributed by atoms with Crippen molar-refractivity contribution >= 4 is 17.5 Å². The Morgan fingerprint density at radius 1 is 1.12 bits per heavy atom. The van der Waals surface area contributed by atoms with Gasteiger partial charge < -0.3 is 5.32 Å². The predicted octanol–water partition coefficient (Wildman–Crippen LogP) is 4.94. The molecule has 0 heterocycles. The van der Waals surface area contributed by atoms with Crippen molar-refractivity contribution in [2.24, 2.45) is 17.3 Å². The van der Waals surface area contributed by atoms with Gasteiger partial charge >= 0.3 is 6.18 Å². The molecule has 1 aromatic carbocycles. The lowest BCUT2D eigenvalue weighted by atomic mass is 9.49. The molecule has 142 valence electrons. The molecule has 1 aromatic rings. The molecule has 0 radical (unpaired) electrons. The zero-order chi connectivity index (χ0) is 18.6. The molecule has 4 aliphatic rings. The van der Waals surface area contributed by atoms with E-state index in [1.54, 1.807) is 0 Å². The van der Waals surface area contributed by atoms with Gasteiger partial charge in [0.25, 0.3) is 0 Å². The van der Waals surface area contributed by atoms with Gasteiger partial charge in [-0.2, -0.15) is 13.2 Å². The van der Waals surface area contributed by atoms with Crippen LogP contribution in [0.1, 0.15) is 49.7 Å². The minimum absolute atomic E-state index is 0.0866. The topological polar surface area (TPSA) is 29.1 Å². The quantitative estimate of drug-likeness (QED) is 0.730. The van der Waals surface area contributed by atoms with Gasteiger partial charge in [0.1, 0.15) is 0 Å². The number of rotatable bonds is 4. The molecule has 4 bridgehead atoms. The smallest absolute Gasteiger partial charge is 0.355 e. The number of benzene rings is 1. The molecule has 2 nitrogen and oxygen atoms in total. The summed E-state index contributed by atoms with van der Waals surface area (Å²) in [6.07, 6.45) is 2.11. The van der Waals surface area contributed by atoms with Gasteiger partial charge in [0.15, 0.2) is 0 Å². The summed E-state index contributed by atoms with van der Waals surface area (Å²) in [5.74, 6) is 1.22. The third kappa shape index (κ3) is 3.35. The van der Waals surface area contributed by atoms with Crippen molar-refractivity contribution in [1.82, 2.24) is 5.32 Å². The van der Waals surface area contributed by atoms with E-state index >= 15 is 0 Å². The van der Waals surface area contributed by atoms with Crippen molar-refractivity contribution in [2.45, 2.75) is 56.0 Å². The fourth-order valence-corrected chi connectivity index (χ4v) is 6.48. The van der Waals surface area contributed by atoms with Crippen molar-refractivity contribution in [3.8, 4) is 0 Å². The second kappa shape index (κ2) is 6.15. The Labute approximate surface area is 156 Å². The number of hydrogen-bond acceptors (Lipinski definition) is 1. The van der Waals surface area contributed by atoms with Crippen LogP contribution in [0, 0.1) is 17.3 Å². The van der Waals surface area contributed by atoms with E-state index in [9.17, 15) is 18.0 Å². The summed E-state index contributed by atoms with van der Waals surface area (Å²) in [6, 6.07) is 5.14. The third-order valence-electron chi connectivity index (χ3n) is 6.45. The Bertz CT molecular complexity index is 686. The van der Waals surface area contributed by atoms with E-state index in [4.69, 9.17) is 11.6 Å². The summed E-state index contributed by atoms with van der Waals surface area (Å²) < 4.78 is 37.8. The van der Waals surface area contributed by atoms with Crippen LogP contribution in [0.5, 0.6) is 0 Å². The zero-order valence-electron chi connectivity index (χ0n) is 14.5. The van der Waals surface area contributed by atoms with Crippen LogP contribution in [-0.4, -0.2) is 17.3 Å². The van der Waals surface area contributed by atoms with Gasteiger partial charge in [-0.15, -0.1) is 11.6 Å². The van der Waals surface area contributed by atoms with Gasteiger partial charge in [-0.25, -0.2) is 0 Å². The molecule has 6 heteroatoms. The highest BCUT2D eigenvalue weighted by Gasteiger charge is 2.59. The molecule has 5 rings (SSSR count). The van der Waals surface area contributed by atoms with Crippen molar-refractivity contribution in [3.05, 3.63) is 35.4 Å². The molecule has 0 aliphatic heterocycles. The maximum Gasteiger partial charge on any atom is 0.416 e. The maximum atomic E-state index is 12.9. The van der Waals surface area contributed by atoms with E-state index in [1.165, 1.54) is 18.6 Å². The molecule has 26 heavy (non-hydrogen) atoms. The van der Waals surface area contributed by atoms with E-state index in [0.29, 0.717) is 24.8 Å². The summed E-state index contributed by atoms with van der Waals surface area (Å²) in [4.78, 5) is 12.7. The Balaban J connectivity index is 1.35. The SMILES string of the molecule is O=C(NCCc1ccc(C(F)(F)F)cc1)C12C[C@@H]3C[C@@H](CC(Cl)(C3)C1)C2. The van der Waals surface area contributed by atoms with Gasteiger partial charge in [-0.3, -0.25) is 4.79 Å². The van der Waals surface area contributed by atoms with Gasteiger partial charge in [-0.05, 0) is 74.5 Å². The maximum absolute atomic E-state index is 12.9. The average molecular weight is 386 g/mol. The molecular weight excluding hydrogens is 363 g/mol. The number of nitrogens with one attached hydrogen (secondary N) is 1. The molecular formula is C20H23ClF3NO. The monoisotopic (exact) mass is 385 g/mol. The van der Waals surface area contributed by atoms with E-state index < -0.39 is 11.7 Å². The zero-order valence-corrected chi connectivity index (χ0v) is 15.3. The van der Waals surface area contributed by atoms with Crippen LogP contribution >= 0.6 is 11.6 Å². The molecule has 0 saturated heterocycles. The van der Waals surface area contributed by atoms with Crippen molar-refractivity contribution < 1.29 is 18.0 Å². The summed E-state index contributed by atoms with van der Waals surface area (Å²) in [5, 5.41) is 3.03. The van der Waals surface area contributed by atoms with E-state index in [1.807, 2.05) is 0 Å². The number of amides is 1. The number of hydrogen-bond donors (Lipinski definition) is 1. The van der Waals surface area contributed by atoms with Crippen molar-refractivity contribution in [2.75, 3.05) is 6.54 Å². The van der Waals surface area contributed by atoms with Gasteiger partial charge in [0.05, 0.1) is 11.0 Å². The van der Waals surface area contributed by atoms with Crippen molar-refractivity contribution in [1.29, 1.82) is 0 Å². The first-order chi connectivity index (χ1) is 12.2. The second-order valence-corrected chi connectivity index (χ2v) is 9.39. The number of halogens is 4. The lowest BCUT2D eigenvalue weighted by Crippen LogP contribution is -2.58. The summed E-state index contributed by atoms with van der Waals surface area (Å²) >= 11 is 6.77. The average Bonchev–Trinajstić information content (AvgIpc) is 2.52. The lowest BCUT2D eigenvalue weighted by molar-refractivity contribution is -0.144. The fourth-order valence-electron chi connectivity index (χ4n) is 5.78. The molecule has 1 amide bonds. The van der Waals surface area contributed by atoms with Crippen LogP contribution in [0.15, 0.2) is 24.3 Å². The predicted molar refractivity (Wildman–Crippen MR) is 93.9 cm³/mol. The molecule has 4 atom stereocenters. The largest absolute Gasteiger partial charge is 0.416 e. The summed E-state index contributed by atoms with van der Waals surface area (Å²) in [6.45, 7) is 0.441. The van der Waals surface area contributed by atoms with Gasteiger partial charge in [-0.1, -0.05) is 12.1 Å². The second-order valence-electron chi connectivity index (χ2n) is 8.59. The van der Waals surface area contributed by atoms with Crippen LogP contribution < -0.4 is 5.32 Å². The first-order valence-electron chi connectivity index (χ1n) is 9.31. The molecule has 2 unspecified atom stereocenters. The molecule has 1 N–H and O–H groups in total. The van der Waals surface area contributed by atoms with Crippen LogP contribution in [0.2, 0.25) is 0 Å². The normalized spacial score (nSPS) is 35.5. The number of carbonyl (C=O) groups is 1. The highest BCUT2D eigenvalue weighted by atomic mass is 35.5. The number of carbonyl (C=O) groups excluding carboxylic acids is 1. The molecule has 0 aromatic heterocycles. The minimum atomic E-state index is -4.32. The fraction of sp³-hybridized carbons (Fsp3) is 0.650. The Morgan fingerprint density at radius 3 is 2.27 bits per heavy atom. The van der Waals surface area contributed by atoms with Gasteiger partial charge in [0.2, 0.25) is 5.91 Å². The minimum Gasteiger partial charge on any atom is -0.355 e. The van der Waals surface area contributed by atoms with Crippen LogP contribution in [0.3, 0.4) is 0 Å². The van der Waals surface area contributed by atoms with Crippen molar-refractivity contribution in [3.63, 3.8) is 0 Å². The number of alkyl halides is 4. The first kappa shape index (κ1) is 18.1. The standard InChI is InChI=1S/C20H23ClF3NO/c21-19-10-14-7-15(11-19)9-18(8-14,12-19)17(26)25-6-5-13-1-3-16(4-2-13)20(22,23)24/h1-4,14-15H,5-12H2,(H,25,26)/t14-,15+,18?,19?. The van der Waals surface area contributed by atoms with E-state index in [2.05, 4.69) is 5.32 Å². The van der Waals surface area contributed by atoms with Crippen LogP contribution in [-0.2, 0) is 17.4 Å².